The Morgan fingerprint density at radius 3 is 2.20 bits per heavy atom. The number of rotatable bonds is 5. The summed E-state index contributed by atoms with van der Waals surface area (Å²) in [5.74, 6) is 2.06. The Bertz CT molecular complexity index is 777. The fourth-order valence-electron chi connectivity index (χ4n) is 2.91. The number of ether oxygens (including phenoxy) is 3. The van der Waals surface area contributed by atoms with Crippen LogP contribution in [0.15, 0.2) is 42.5 Å². The summed E-state index contributed by atoms with van der Waals surface area (Å²) in [5, 5.41) is 0. The lowest BCUT2D eigenvalue weighted by atomic mass is 10.1. The van der Waals surface area contributed by atoms with Gasteiger partial charge in [0.15, 0.2) is 11.5 Å². The molecule has 1 aliphatic rings. The molecular weight excluding hydrogens is 320 g/mol. The van der Waals surface area contributed by atoms with E-state index in [0.29, 0.717) is 35.9 Å². The van der Waals surface area contributed by atoms with E-state index in [2.05, 4.69) is 4.99 Å². The topological polar surface area (TPSA) is 62.0 Å². The number of benzene rings is 2. The van der Waals surface area contributed by atoms with Gasteiger partial charge in [0.1, 0.15) is 13.1 Å². The molecule has 0 aromatic heterocycles. The minimum absolute atomic E-state index is 0.122. The van der Waals surface area contributed by atoms with Gasteiger partial charge in [-0.1, -0.05) is 18.2 Å². The molecule has 0 fully saturated rings. The normalized spacial score (nSPS) is 13.4. The SMILES string of the molecule is COc1cc(C(=O)N2CC[NH+]=C2c2ccccc2)cc(OC)c1OC. The molecule has 25 heavy (non-hydrogen) atoms. The first kappa shape index (κ1) is 16.8. The van der Waals surface area contributed by atoms with Gasteiger partial charge in [-0.25, -0.2) is 4.79 Å². The first-order chi connectivity index (χ1) is 12.2. The van der Waals surface area contributed by atoms with Gasteiger partial charge < -0.3 is 14.2 Å². The Labute approximate surface area is 146 Å². The smallest absolute Gasteiger partial charge is 0.341 e. The van der Waals surface area contributed by atoms with Crippen LogP contribution in [0, 0.1) is 0 Å². The third-order valence-corrected chi connectivity index (χ3v) is 4.10. The Kier molecular flexibility index (Phi) is 4.88. The van der Waals surface area contributed by atoms with Crippen LogP contribution < -0.4 is 19.2 Å². The fraction of sp³-hybridized carbons (Fsp3) is 0.263. The van der Waals surface area contributed by atoms with Crippen molar-refractivity contribution in [1.29, 1.82) is 0 Å². The van der Waals surface area contributed by atoms with Crippen LogP contribution in [0.3, 0.4) is 0 Å². The summed E-state index contributed by atoms with van der Waals surface area (Å²) in [6, 6.07) is 13.1. The molecule has 3 rings (SSSR count). The van der Waals surface area contributed by atoms with E-state index in [1.54, 1.807) is 17.0 Å². The largest absolute Gasteiger partial charge is 0.493 e. The molecule has 2 aromatic carbocycles. The molecule has 0 radical (unpaired) electrons. The van der Waals surface area contributed by atoms with Gasteiger partial charge in [0.25, 0.3) is 5.84 Å². The van der Waals surface area contributed by atoms with E-state index in [0.717, 1.165) is 11.4 Å². The van der Waals surface area contributed by atoms with E-state index in [-0.39, 0.29) is 5.91 Å². The van der Waals surface area contributed by atoms with Crippen LogP contribution in [0.4, 0.5) is 0 Å². The molecule has 0 saturated heterocycles. The molecule has 0 saturated carbocycles. The van der Waals surface area contributed by atoms with Crippen molar-refractivity contribution >= 4 is 11.7 Å². The average Bonchev–Trinajstić information content (AvgIpc) is 3.16. The highest BCUT2D eigenvalue weighted by Crippen LogP contribution is 2.38. The molecule has 2 aromatic rings. The van der Waals surface area contributed by atoms with Gasteiger partial charge >= 0.3 is 5.91 Å². The molecular formula is C19H21N2O4+. The average molecular weight is 341 g/mol. The molecule has 0 aliphatic carbocycles. The van der Waals surface area contributed by atoms with Gasteiger partial charge in [0.2, 0.25) is 5.75 Å². The molecule has 6 nitrogen and oxygen atoms in total. The maximum Gasteiger partial charge on any atom is 0.341 e. The van der Waals surface area contributed by atoms with Crippen molar-refractivity contribution in [2.75, 3.05) is 34.4 Å². The quantitative estimate of drug-likeness (QED) is 0.869. The van der Waals surface area contributed by atoms with E-state index < -0.39 is 0 Å². The van der Waals surface area contributed by atoms with Crippen molar-refractivity contribution in [3.05, 3.63) is 53.6 Å². The molecule has 1 amide bonds. The second kappa shape index (κ2) is 7.25. The summed E-state index contributed by atoms with van der Waals surface area (Å²) < 4.78 is 16.0. The lowest BCUT2D eigenvalue weighted by Crippen LogP contribution is -2.71. The van der Waals surface area contributed by atoms with Gasteiger partial charge in [-0.15, -0.1) is 0 Å². The summed E-state index contributed by atoms with van der Waals surface area (Å²) >= 11 is 0. The number of hydrogen-bond donors (Lipinski definition) is 1. The predicted molar refractivity (Wildman–Crippen MR) is 93.5 cm³/mol. The monoisotopic (exact) mass is 341 g/mol. The third-order valence-electron chi connectivity index (χ3n) is 4.10. The Hall–Kier alpha value is -3.02. The van der Waals surface area contributed by atoms with Gasteiger partial charge in [-0.2, -0.15) is 4.90 Å². The second-order valence-corrected chi connectivity index (χ2v) is 5.51. The molecule has 0 atom stereocenters. The number of amides is 1. The molecule has 130 valence electrons. The number of carbonyl (C=O) groups excluding carboxylic acids is 1. The molecule has 0 unspecified atom stereocenters. The van der Waals surface area contributed by atoms with Gasteiger partial charge in [-0.3, -0.25) is 4.99 Å². The Balaban J connectivity index is 1.97. The zero-order valence-corrected chi connectivity index (χ0v) is 14.5. The van der Waals surface area contributed by atoms with Crippen LogP contribution in [0.2, 0.25) is 0 Å². The predicted octanol–water partition coefficient (Wildman–Crippen LogP) is 0.696. The summed E-state index contributed by atoms with van der Waals surface area (Å²) in [6.45, 7) is 1.31. The van der Waals surface area contributed by atoms with Gasteiger partial charge in [0, 0.05) is 0 Å². The fourth-order valence-corrected chi connectivity index (χ4v) is 2.91. The van der Waals surface area contributed by atoms with Crippen molar-refractivity contribution in [2.45, 2.75) is 0 Å². The molecule has 0 spiro atoms. The summed E-state index contributed by atoms with van der Waals surface area (Å²) in [6.07, 6.45) is 0. The van der Waals surface area contributed by atoms with Crippen molar-refractivity contribution in [2.24, 2.45) is 0 Å². The Morgan fingerprint density at radius 2 is 1.64 bits per heavy atom. The highest BCUT2D eigenvalue weighted by atomic mass is 16.5. The summed E-state index contributed by atoms with van der Waals surface area (Å²) in [7, 11) is 4.60. The number of nitrogens with one attached hydrogen (secondary N) is 1. The molecule has 1 heterocycles. The van der Waals surface area contributed by atoms with Crippen LogP contribution in [-0.2, 0) is 0 Å². The van der Waals surface area contributed by atoms with Crippen molar-refractivity contribution in [1.82, 2.24) is 4.90 Å². The summed E-state index contributed by atoms with van der Waals surface area (Å²) in [4.78, 5) is 18.1. The van der Waals surface area contributed by atoms with Crippen molar-refractivity contribution in [3.8, 4) is 17.2 Å². The number of carbonyl (C=O) groups is 1. The highest BCUT2D eigenvalue weighted by Gasteiger charge is 2.34. The van der Waals surface area contributed by atoms with E-state index in [1.807, 2.05) is 30.3 Å². The van der Waals surface area contributed by atoms with E-state index in [9.17, 15) is 4.79 Å². The van der Waals surface area contributed by atoms with E-state index >= 15 is 0 Å². The standard InChI is InChI=1S/C19H20N2O4/c1-23-15-11-14(12-16(24-2)17(15)25-3)19(22)21-10-9-20-18(21)13-7-5-4-6-8-13/h4-8,11-12H,9-10H2,1-3H3/p+1. The molecule has 0 bridgehead atoms. The molecule has 1 N–H and O–H groups in total. The second-order valence-electron chi connectivity index (χ2n) is 5.51. The zero-order valence-electron chi connectivity index (χ0n) is 14.5. The minimum Gasteiger partial charge on any atom is -0.493 e. The Morgan fingerprint density at radius 1 is 1.00 bits per heavy atom. The number of amidine groups is 1. The minimum atomic E-state index is -0.122. The van der Waals surface area contributed by atoms with Gasteiger partial charge in [-0.05, 0) is 24.3 Å². The van der Waals surface area contributed by atoms with Crippen molar-refractivity contribution in [3.63, 3.8) is 0 Å². The first-order valence-electron chi connectivity index (χ1n) is 7.97. The van der Waals surface area contributed by atoms with Crippen LogP contribution in [0.5, 0.6) is 17.2 Å². The highest BCUT2D eigenvalue weighted by molar-refractivity contribution is 6.11. The van der Waals surface area contributed by atoms with E-state index in [4.69, 9.17) is 14.2 Å². The van der Waals surface area contributed by atoms with E-state index in [1.165, 1.54) is 21.3 Å². The summed E-state index contributed by atoms with van der Waals surface area (Å²) in [5.41, 5.74) is 1.45. The van der Waals surface area contributed by atoms with Crippen LogP contribution >= 0.6 is 0 Å². The number of hydrogen-bond acceptors (Lipinski definition) is 4. The van der Waals surface area contributed by atoms with Crippen molar-refractivity contribution < 1.29 is 24.0 Å². The van der Waals surface area contributed by atoms with Crippen LogP contribution in [0.1, 0.15) is 15.9 Å². The van der Waals surface area contributed by atoms with Crippen LogP contribution in [0.25, 0.3) is 0 Å². The third kappa shape index (κ3) is 3.15. The lowest BCUT2D eigenvalue weighted by molar-refractivity contribution is -0.444. The maximum absolute atomic E-state index is 13.1. The number of nitrogens with zero attached hydrogens (tertiary/aromatic N) is 1. The molecule has 6 heteroatoms. The van der Waals surface area contributed by atoms with Gasteiger partial charge in [0.05, 0.1) is 32.5 Å². The first-order valence-corrected chi connectivity index (χ1v) is 7.97. The van der Waals surface area contributed by atoms with Crippen LogP contribution in [-0.4, -0.2) is 51.1 Å². The number of methoxy groups -OCH3 is 3. The molecule has 1 aliphatic heterocycles. The zero-order chi connectivity index (χ0) is 17.8. The lowest BCUT2D eigenvalue weighted by Gasteiger charge is -2.15. The maximum atomic E-state index is 13.1.